The average Bonchev–Trinajstić information content (AvgIpc) is 2.42. The molecule has 0 amide bonds. The van der Waals surface area contributed by atoms with Gasteiger partial charge < -0.3 is 9.84 Å². The monoisotopic (exact) mass is 324 g/mol. The molecule has 19 heavy (non-hydrogen) atoms. The number of hydrogen-bond acceptors (Lipinski definition) is 2. The molecule has 0 fully saturated rings. The molecule has 2 aromatic carbocycles. The normalized spacial score (nSPS) is 12.2. The second kappa shape index (κ2) is 6.17. The zero-order valence-corrected chi connectivity index (χ0v) is 12.0. The third-order valence-electron chi connectivity index (χ3n) is 2.77. The van der Waals surface area contributed by atoms with E-state index in [-0.39, 0.29) is 5.82 Å². The van der Waals surface area contributed by atoms with Crippen molar-refractivity contribution >= 4 is 15.9 Å². The first-order chi connectivity index (χ1) is 9.10. The van der Waals surface area contributed by atoms with Crippen LogP contribution in [0.2, 0.25) is 0 Å². The Morgan fingerprint density at radius 2 is 1.89 bits per heavy atom. The quantitative estimate of drug-likeness (QED) is 0.873. The molecule has 0 aromatic heterocycles. The lowest BCUT2D eigenvalue weighted by Gasteiger charge is -2.10. The lowest BCUT2D eigenvalue weighted by Crippen LogP contribution is -1.94. The van der Waals surface area contributed by atoms with Crippen LogP contribution >= 0.6 is 15.9 Å². The van der Waals surface area contributed by atoms with Crippen molar-refractivity contribution in [1.29, 1.82) is 0 Å². The summed E-state index contributed by atoms with van der Waals surface area (Å²) in [5, 5.41) is 9.69. The molecule has 0 bridgehead atoms. The van der Waals surface area contributed by atoms with Crippen molar-refractivity contribution in [2.45, 2.75) is 19.4 Å². The molecule has 2 rings (SSSR count). The van der Waals surface area contributed by atoms with E-state index in [9.17, 15) is 9.50 Å². The topological polar surface area (TPSA) is 29.5 Å². The molecule has 0 spiro atoms. The van der Waals surface area contributed by atoms with E-state index in [1.807, 2.05) is 19.1 Å². The van der Waals surface area contributed by atoms with E-state index in [0.29, 0.717) is 22.4 Å². The first-order valence-corrected chi connectivity index (χ1v) is 6.80. The molecule has 0 saturated heterocycles. The van der Waals surface area contributed by atoms with Gasteiger partial charge in [-0.25, -0.2) is 4.39 Å². The molecule has 2 nitrogen and oxygen atoms in total. The molecule has 100 valence electrons. The van der Waals surface area contributed by atoms with Crippen molar-refractivity contribution in [2.24, 2.45) is 0 Å². The van der Waals surface area contributed by atoms with Crippen LogP contribution in [0.3, 0.4) is 0 Å². The highest BCUT2D eigenvalue weighted by Gasteiger charge is 2.07. The molecule has 0 aliphatic rings. The van der Waals surface area contributed by atoms with Crippen LogP contribution < -0.4 is 4.74 Å². The number of benzene rings is 2. The summed E-state index contributed by atoms with van der Waals surface area (Å²) in [5.41, 5.74) is 0.855. The largest absolute Gasteiger partial charge is 0.456 e. The van der Waals surface area contributed by atoms with Crippen LogP contribution in [-0.2, 0) is 0 Å². The van der Waals surface area contributed by atoms with Gasteiger partial charge in [0, 0.05) is 0 Å². The fourth-order valence-corrected chi connectivity index (χ4v) is 2.11. The molecule has 0 unspecified atom stereocenters. The molecule has 1 N–H and O–H groups in total. The van der Waals surface area contributed by atoms with Gasteiger partial charge in [-0.2, -0.15) is 0 Å². The van der Waals surface area contributed by atoms with Gasteiger partial charge in [-0.15, -0.1) is 0 Å². The fourth-order valence-electron chi connectivity index (χ4n) is 1.68. The predicted molar refractivity (Wildman–Crippen MR) is 75.9 cm³/mol. The number of aliphatic hydroxyl groups excluding tert-OH is 1. The third kappa shape index (κ3) is 3.55. The summed E-state index contributed by atoms with van der Waals surface area (Å²) in [6, 6.07) is 11.5. The van der Waals surface area contributed by atoms with Gasteiger partial charge in [-0.3, -0.25) is 0 Å². The van der Waals surface area contributed by atoms with E-state index < -0.39 is 6.10 Å². The van der Waals surface area contributed by atoms with Crippen molar-refractivity contribution in [2.75, 3.05) is 0 Å². The highest BCUT2D eigenvalue weighted by Crippen LogP contribution is 2.30. The molecule has 0 radical (unpaired) electrons. The number of ether oxygens (including phenoxy) is 1. The zero-order chi connectivity index (χ0) is 13.8. The maximum Gasteiger partial charge on any atom is 0.141 e. The highest BCUT2D eigenvalue weighted by molar-refractivity contribution is 9.10. The smallest absolute Gasteiger partial charge is 0.141 e. The van der Waals surface area contributed by atoms with Crippen LogP contribution in [0.1, 0.15) is 25.0 Å². The minimum atomic E-state index is -0.452. The van der Waals surface area contributed by atoms with Gasteiger partial charge in [0.05, 0.1) is 10.6 Å². The second-order valence-electron chi connectivity index (χ2n) is 4.17. The first-order valence-electron chi connectivity index (χ1n) is 6.01. The van der Waals surface area contributed by atoms with Gasteiger partial charge >= 0.3 is 0 Å². The molecule has 0 aliphatic carbocycles. The molecular formula is C15H14BrFO2. The molecule has 1 atom stereocenters. The van der Waals surface area contributed by atoms with Crippen molar-refractivity contribution in [1.82, 2.24) is 0 Å². The zero-order valence-electron chi connectivity index (χ0n) is 10.4. The minimum Gasteiger partial charge on any atom is -0.456 e. The molecule has 0 aliphatic heterocycles. The van der Waals surface area contributed by atoms with Crippen molar-refractivity contribution < 1.29 is 14.2 Å². The van der Waals surface area contributed by atoms with Gasteiger partial charge in [0.2, 0.25) is 0 Å². The Hall–Kier alpha value is -1.39. The van der Waals surface area contributed by atoms with E-state index in [0.717, 1.165) is 5.56 Å². The summed E-state index contributed by atoms with van der Waals surface area (Å²) in [6.45, 7) is 1.92. The Labute approximate surface area is 120 Å². The van der Waals surface area contributed by atoms with Gasteiger partial charge in [0.15, 0.2) is 0 Å². The summed E-state index contributed by atoms with van der Waals surface area (Å²) in [5.74, 6) is 0.866. The Bertz CT molecular complexity index is 555. The lowest BCUT2D eigenvalue weighted by molar-refractivity contribution is 0.173. The van der Waals surface area contributed by atoms with E-state index in [4.69, 9.17) is 4.74 Å². The second-order valence-corrected chi connectivity index (χ2v) is 5.02. The molecule has 4 heteroatoms. The number of hydrogen-bond donors (Lipinski definition) is 1. The molecule has 2 aromatic rings. The van der Waals surface area contributed by atoms with Crippen LogP contribution in [0.15, 0.2) is 46.9 Å². The predicted octanol–water partition coefficient (Wildman–Crippen LogP) is 4.82. The van der Waals surface area contributed by atoms with Crippen LogP contribution in [0.25, 0.3) is 0 Å². The first kappa shape index (κ1) is 14.0. The molecule has 0 saturated carbocycles. The van der Waals surface area contributed by atoms with E-state index in [1.54, 1.807) is 18.2 Å². The highest BCUT2D eigenvalue weighted by atomic mass is 79.9. The van der Waals surface area contributed by atoms with Crippen LogP contribution in [0.5, 0.6) is 11.5 Å². The van der Waals surface area contributed by atoms with E-state index >= 15 is 0 Å². The maximum atomic E-state index is 13.0. The van der Waals surface area contributed by atoms with E-state index in [1.165, 1.54) is 12.1 Å². The Morgan fingerprint density at radius 3 is 2.47 bits per heavy atom. The summed E-state index contributed by atoms with van der Waals surface area (Å²) >= 11 is 3.25. The lowest BCUT2D eigenvalue weighted by atomic mass is 10.1. The standard InChI is InChI=1S/C15H14BrFO2/c1-2-14(18)10-3-6-12(7-4-10)19-15-8-5-11(17)9-13(15)16/h3-9,14,18H,2H2,1H3/t14-/m1/s1. The summed E-state index contributed by atoms with van der Waals surface area (Å²) in [4.78, 5) is 0. The average molecular weight is 325 g/mol. The van der Waals surface area contributed by atoms with Gasteiger partial charge in [-0.05, 0) is 58.2 Å². The van der Waals surface area contributed by atoms with Crippen molar-refractivity contribution in [3.8, 4) is 11.5 Å². The number of halogens is 2. The van der Waals surface area contributed by atoms with E-state index in [2.05, 4.69) is 15.9 Å². The Kier molecular flexibility index (Phi) is 4.56. The third-order valence-corrected chi connectivity index (χ3v) is 3.39. The Balaban J connectivity index is 2.15. The van der Waals surface area contributed by atoms with Gasteiger partial charge in [0.1, 0.15) is 17.3 Å². The SMILES string of the molecule is CC[C@@H](O)c1ccc(Oc2ccc(F)cc2Br)cc1. The molecular weight excluding hydrogens is 311 g/mol. The Morgan fingerprint density at radius 1 is 1.21 bits per heavy atom. The summed E-state index contributed by atoms with van der Waals surface area (Å²) in [7, 11) is 0. The van der Waals surface area contributed by atoms with Crippen LogP contribution in [0.4, 0.5) is 4.39 Å². The summed E-state index contributed by atoms with van der Waals surface area (Å²) in [6.07, 6.45) is 0.218. The minimum absolute atomic E-state index is 0.319. The fraction of sp³-hybridized carbons (Fsp3) is 0.200. The number of aliphatic hydroxyl groups is 1. The maximum absolute atomic E-state index is 13.0. The van der Waals surface area contributed by atoms with Crippen molar-refractivity contribution in [3.63, 3.8) is 0 Å². The number of rotatable bonds is 4. The van der Waals surface area contributed by atoms with Gasteiger partial charge in [0.25, 0.3) is 0 Å². The van der Waals surface area contributed by atoms with Crippen LogP contribution in [-0.4, -0.2) is 5.11 Å². The van der Waals surface area contributed by atoms with Crippen molar-refractivity contribution in [3.05, 3.63) is 58.3 Å². The van der Waals surface area contributed by atoms with Crippen LogP contribution in [0, 0.1) is 5.82 Å². The summed E-state index contributed by atoms with van der Waals surface area (Å²) < 4.78 is 19.2. The molecule has 0 heterocycles. The van der Waals surface area contributed by atoms with Gasteiger partial charge in [-0.1, -0.05) is 19.1 Å².